The molecule has 2 nitrogen and oxygen atoms in total. The van der Waals surface area contributed by atoms with Crippen LogP contribution in [0.1, 0.15) is 18.5 Å². The maximum Gasteiger partial charge on any atom is 0.140 e. The van der Waals surface area contributed by atoms with E-state index in [2.05, 4.69) is 5.32 Å². The minimum absolute atomic E-state index is 0.0159. The Morgan fingerprint density at radius 1 is 1.15 bits per heavy atom. The molecule has 1 N–H and O–H groups in total. The molecule has 2 rings (SSSR count). The molecule has 0 aromatic heterocycles. The van der Waals surface area contributed by atoms with Crippen molar-refractivity contribution in [3.8, 4) is 11.5 Å². The third-order valence-corrected chi connectivity index (χ3v) is 3.94. The minimum atomic E-state index is -0.257. The number of benzene rings is 2. The van der Waals surface area contributed by atoms with E-state index < -0.39 is 0 Å². The van der Waals surface area contributed by atoms with E-state index in [1.807, 2.05) is 44.5 Å². The summed E-state index contributed by atoms with van der Waals surface area (Å²) >= 11 is 1.62. The van der Waals surface area contributed by atoms with Crippen LogP contribution in [0.25, 0.3) is 0 Å². The predicted molar refractivity (Wildman–Crippen MR) is 82.2 cm³/mol. The summed E-state index contributed by atoms with van der Waals surface area (Å²) in [6.45, 7) is 1.97. The normalized spacial score (nSPS) is 12.2. The smallest absolute Gasteiger partial charge is 0.140 e. The molecule has 0 spiro atoms. The number of thioether (sulfide) groups is 1. The molecular formula is C16H18FNOS. The van der Waals surface area contributed by atoms with Crippen LogP contribution in [0.2, 0.25) is 0 Å². The molecule has 2 aromatic rings. The first-order chi connectivity index (χ1) is 9.65. The van der Waals surface area contributed by atoms with Crippen molar-refractivity contribution in [2.45, 2.75) is 17.9 Å². The Morgan fingerprint density at radius 3 is 2.60 bits per heavy atom. The largest absolute Gasteiger partial charge is 0.456 e. The Bertz CT molecular complexity index is 588. The van der Waals surface area contributed by atoms with Crippen molar-refractivity contribution in [1.82, 2.24) is 5.32 Å². The number of hydrogen-bond donors (Lipinski definition) is 1. The van der Waals surface area contributed by atoms with Gasteiger partial charge in [-0.15, -0.1) is 11.8 Å². The monoisotopic (exact) mass is 291 g/mol. The second-order valence-corrected chi connectivity index (χ2v) is 5.29. The Kier molecular flexibility index (Phi) is 5.04. The molecule has 2 aromatic carbocycles. The lowest BCUT2D eigenvalue weighted by Gasteiger charge is -2.17. The molecule has 1 unspecified atom stereocenters. The lowest BCUT2D eigenvalue weighted by molar-refractivity contribution is 0.453. The summed E-state index contributed by atoms with van der Waals surface area (Å²) in [6, 6.07) is 12.5. The van der Waals surface area contributed by atoms with Gasteiger partial charge in [0.25, 0.3) is 0 Å². The van der Waals surface area contributed by atoms with Crippen molar-refractivity contribution in [1.29, 1.82) is 0 Å². The fourth-order valence-corrected chi connectivity index (χ4v) is 2.45. The quantitative estimate of drug-likeness (QED) is 0.812. The Labute approximate surface area is 123 Å². The van der Waals surface area contributed by atoms with E-state index in [4.69, 9.17) is 4.74 Å². The number of ether oxygens (including phenoxy) is 1. The first-order valence-electron chi connectivity index (χ1n) is 6.43. The first kappa shape index (κ1) is 14.9. The number of hydrogen-bond acceptors (Lipinski definition) is 3. The van der Waals surface area contributed by atoms with Gasteiger partial charge in [-0.25, -0.2) is 4.39 Å². The van der Waals surface area contributed by atoms with E-state index in [0.717, 1.165) is 16.2 Å². The molecule has 0 saturated carbocycles. The van der Waals surface area contributed by atoms with Gasteiger partial charge in [0, 0.05) is 16.5 Å². The van der Waals surface area contributed by atoms with E-state index in [9.17, 15) is 4.39 Å². The van der Waals surface area contributed by atoms with Crippen molar-refractivity contribution >= 4 is 11.8 Å². The Hall–Kier alpha value is -1.52. The van der Waals surface area contributed by atoms with E-state index in [1.54, 1.807) is 17.8 Å². The zero-order valence-electron chi connectivity index (χ0n) is 11.8. The van der Waals surface area contributed by atoms with Gasteiger partial charge in [0.1, 0.15) is 17.3 Å². The molecule has 106 valence electrons. The highest BCUT2D eigenvalue weighted by atomic mass is 32.2. The van der Waals surface area contributed by atoms with Gasteiger partial charge in [-0.1, -0.05) is 12.1 Å². The Morgan fingerprint density at radius 2 is 1.90 bits per heavy atom. The highest BCUT2D eigenvalue weighted by Crippen LogP contribution is 2.34. The van der Waals surface area contributed by atoms with E-state index in [0.29, 0.717) is 5.75 Å². The van der Waals surface area contributed by atoms with Gasteiger partial charge in [-0.3, -0.25) is 0 Å². The van der Waals surface area contributed by atoms with E-state index in [-0.39, 0.29) is 11.9 Å². The molecule has 0 radical (unpaired) electrons. The molecule has 0 aliphatic heterocycles. The predicted octanol–water partition coefficient (Wildman–Crippen LogP) is 4.62. The number of halogens is 1. The summed E-state index contributed by atoms with van der Waals surface area (Å²) in [5.74, 6) is 1.21. The lowest BCUT2D eigenvalue weighted by atomic mass is 10.1. The molecule has 0 aliphatic carbocycles. The van der Waals surface area contributed by atoms with Gasteiger partial charge in [0.2, 0.25) is 0 Å². The molecule has 0 saturated heterocycles. The summed E-state index contributed by atoms with van der Waals surface area (Å²) in [4.78, 5) is 1.06. The number of para-hydroxylation sites is 1. The van der Waals surface area contributed by atoms with E-state index >= 15 is 0 Å². The van der Waals surface area contributed by atoms with Crippen LogP contribution in [-0.4, -0.2) is 13.3 Å². The SMILES string of the molecule is CNC(C)c1cc(F)ccc1Oc1ccccc1SC. The van der Waals surface area contributed by atoms with Crippen LogP contribution in [0.15, 0.2) is 47.4 Å². The molecule has 0 amide bonds. The van der Waals surface area contributed by atoms with Gasteiger partial charge in [-0.05, 0) is 50.6 Å². The van der Waals surface area contributed by atoms with Crippen LogP contribution in [0.4, 0.5) is 4.39 Å². The van der Waals surface area contributed by atoms with Crippen molar-refractivity contribution in [2.24, 2.45) is 0 Å². The standard InChI is InChI=1S/C16H18FNOS/c1-11(18-2)13-10-12(17)8-9-14(13)19-15-6-4-5-7-16(15)20-3/h4-11,18H,1-3H3. The molecule has 0 bridgehead atoms. The maximum absolute atomic E-state index is 13.4. The summed E-state index contributed by atoms with van der Waals surface area (Å²) < 4.78 is 19.4. The minimum Gasteiger partial charge on any atom is -0.456 e. The summed E-state index contributed by atoms with van der Waals surface area (Å²) in [6.07, 6.45) is 2.00. The van der Waals surface area contributed by atoms with Crippen molar-refractivity contribution in [3.05, 3.63) is 53.8 Å². The Balaban J connectivity index is 2.38. The van der Waals surface area contributed by atoms with Crippen LogP contribution in [0.5, 0.6) is 11.5 Å². The van der Waals surface area contributed by atoms with Gasteiger partial charge in [0.15, 0.2) is 0 Å². The van der Waals surface area contributed by atoms with Gasteiger partial charge in [0.05, 0.1) is 0 Å². The third-order valence-electron chi connectivity index (χ3n) is 3.16. The summed E-state index contributed by atoms with van der Waals surface area (Å²) in [5, 5.41) is 3.11. The zero-order valence-corrected chi connectivity index (χ0v) is 12.6. The third kappa shape index (κ3) is 3.32. The molecule has 1 atom stereocenters. The molecule has 4 heteroatoms. The summed E-state index contributed by atoms with van der Waals surface area (Å²) in [5.41, 5.74) is 0.809. The van der Waals surface area contributed by atoms with Crippen LogP contribution in [0.3, 0.4) is 0 Å². The van der Waals surface area contributed by atoms with Gasteiger partial charge in [-0.2, -0.15) is 0 Å². The lowest BCUT2D eigenvalue weighted by Crippen LogP contribution is -2.13. The maximum atomic E-state index is 13.4. The average Bonchev–Trinajstić information content (AvgIpc) is 2.48. The topological polar surface area (TPSA) is 21.3 Å². The van der Waals surface area contributed by atoms with Crippen LogP contribution < -0.4 is 10.1 Å². The van der Waals surface area contributed by atoms with Crippen LogP contribution in [0, 0.1) is 5.82 Å². The second kappa shape index (κ2) is 6.77. The highest BCUT2D eigenvalue weighted by molar-refractivity contribution is 7.98. The van der Waals surface area contributed by atoms with Crippen LogP contribution in [-0.2, 0) is 0 Å². The zero-order chi connectivity index (χ0) is 14.5. The molecule has 0 heterocycles. The highest BCUT2D eigenvalue weighted by Gasteiger charge is 2.13. The van der Waals surface area contributed by atoms with Crippen LogP contribution >= 0.6 is 11.8 Å². The molecule has 20 heavy (non-hydrogen) atoms. The van der Waals surface area contributed by atoms with Crippen molar-refractivity contribution < 1.29 is 9.13 Å². The summed E-state index contributed by atoms with van der Waals surface area (Å²) in [7, 11) is 1.84. The number of rotatable bonds is 5. The van der Waals surface area contributed by atoms with Crippen molar-refractivity contribution in [2.75, 3.05) is 13.3 Å². The van der Waals surface area contributed by atoms with Gasteiger partial charge >= 0.3 is 0 Å². The second-order valence-electron chi connectivity index (χ2n) is 4.45. The van der Waals surface area contributed by atoms with E-state index in [1.165, 1.54) is 12.1 Å². The molecule has 0 aliphatic rings. The van der Waals surface area contributed by atoms with Crippen molar-refractivity contribution in [3.63, 3.8) is 0 Å². The fraction of sp³-hybridized carbons (Fsp3) is 0.250. The number of nitrogens with one attached hydrogen (secondary N) is 1. The van der Waals surface area contributed by atoms with Gasteiger partial charge < -0.3 is 10.1 Å². The first-order valence-corrected chi connectivity index (χ1v) is 7.65. The average molecular weight is 291 g/mol. The molecule has 0 fully saturated rings. The fourth-order valence-electron chi connectivity index (χ4n) is 1.93. The molecular weight excluding hydrogens is 273 g/mol.